The van der Waals surface area contributed by atoms with Gasteiger partial charge in [0.05, 0.1) is 10.6 Å². The van der Waals surface area contributed by atoms with Gasteiger partial charge in [-0.3, -0.25) is 19.8 Å². The molecule has 0 N–H and O–H groups in total. The van der Waals surface area contributed by atoms with Crippen LogP contribution in [0.25, 0.3) is 11.8 Å². The minimum Gasteiger partial charge on any atom is -0.276 e. The van der Waals surface area contributed by atoms with Gasteiger partial charge in [0.15, 0.2) is 0 Å². The third-order valence-electron chi connectivity index (χ3n) is 4.30. The first-order valence-corrected chi connectivity index (χ1v) is 8.10. The molecule has 0 fully saturated rings. The monoisotopic (exact) mass is 342 g/mol. The minimum absolute atomic E-state index is 0.00787. The molecule has 0 aromatic heterocycles. The Morgan fingerprint density at radius 1 is 0.808 bits per heavy atom. The lowest BCUT2D eigenvalue weighted by Gasteiger charge is -2.18. The Hall–Kier alpha value is -3.73. The van der Waals surface area contributed by atoms with Crippen molar-refractivity contribution in [2.75, 3.05) is 4.90 Å². The van der Waals surface area contributed by atoms with E-state index in [2.05, 4.69) is 0 Å². The normalized spacial score (nSPS) is 14.5. The lowest BCUT2D eigenvalue weighted by atomic mass is 10.1. The summed E-state index contributed by atoms with van der Waals surface area (Å²) in [5.41, 5.74) is 3.78. The fraction of sp³-hybridized carbons (Fsp3) is 0. The van der Waals surface area contributed by atoms with Gasteiger partial charge in [0, 0.05) is 28.9 Å². The molecule has 5 nitrogen and oxygen atoms in total. The molecule has 0 radical (unpaired) electrons. The summed E-state index contributed by atoms with van der Waals surface area (Å²) >= 11 is 0. The summed E-state index contributed by atoms with van der Waals surface area (Å²) in [4.78, 5) is 25.0. The Morgan fingerprint density at radius 2 is 1.42 bits per heavy atom. The van der Waals surface area contributed by atoms with E-state index >= 15 is 0 Å². The fourth-order valence-corrected chi connectivity index (χ4v) is 3.07. The second-order valence-electron chi connectivity index (χ2n) is 5.90. The van der Waals surface area contributed by atoms with Crippen molar-refractivity contribution in [2.24, 2.45) is 0 Å². The van der Waals surface area contributed by atoms with Crippen LogP contribution < -0.4 is 4.90 Å². The number of amides is 1. The molecule has 1 aliphatic heterocycles. The molecule has 0 spiro atoms. The Bertz CT molecular complexity index is 1020. The topological polar surface area (TPSA) is 63.5 Å². The lowest BCUT2D eigenvalue weighted by molar-refractivity contribution is -0.384. The van der Waals surface area contributed by atoms with Crippen molar-refractivity contribution in [3.05, 3.63) is 106 Å². The third kappa shape index (κ3) is 2.65. The van der Waals surface area contributed by atoms with E-state index in [-0.39, 0.29) is 11.6 Å². The summed E-state index contributed by atoms with van der Waals surface area (Å²) in [6, 6.07) is 23.2. The maximum absolute atomic E-state index is 13.0. The van der Waals surface area contributed by atoms with E-state index in [1.165, 1.54) is 12.1 Å². The van der Waals surface area contributed by atoms with Gasteiger partial charge in [-0.25, -0.2) is 0 Å². The van der Waals surface area contributed by atoms with Crippen LogP contribution in [-0.2, 0) is 0 Å². The van der Waals surface area contributed by atoms with Crippen molar-refractivity contribution >= 4 is 29.1 Å². The molecule has 126 valence electrons. The van der Waals surface area contributed by atoms with Crippen LogP contribution in [0.5, 0.6) is 0 Å². The van der Waals surface area contributed by atoms with Gasteiger partial charge in [-0.05, 0) is 29.8 Å². The van der Waals surface area contributed by atoms with Crippen LogP contribution in [0.1, 0.15) is 21.5 Å². The van der Waals surface area contributed by atoms with E-state index in [9.17, 15) is 14.9 Å². The molecule has 1 amide bonds. The van der Waals surface area contributed by atoms with Crippen molar-refractivity contribution < 1.29 is 9.72 Å². The van der Waals surface area contributed by atoms with E-state index in [4.69, 9.17) is 0 Å². The molecule has 0 saturated carbocycles. The number of carbonyl (C=O) groups excluding carboxylic acids is 1. The number of anilines is 1. The van der Waals surface area contributed by atoms with Crippen molar-refractivity contribution in [1.29, 1.82) is 0 Å². The molecule has 5 heteroatoms. The van der Waals surface area contributed by atoms with Gasteiger partial charge < -0.3 is 0 Å². The molecule has 3 aromatic rings. The Balaban J connectivity index is 1.85. The average molecular weight is 342 g/mol. The zero-order valence-corrected chi connectivity index (χ0v) is 13.7. The molecule has 26 heavy (non-hydrogen) atoms. The smallest absolute Gasteiger partial charge is 0.269 e. The van der Waals surface area contributed by atoms with E-state index in [0.29, 0.717) is 11.3 Å². The number of benzene rings is 3. The first-order valence-electron chi connectivity index (χ1n) is 8.10. The average Bonchev–Trinajstić information content (AvgIpc) is 2.95. The molecular formula is C21H14N2O3. The largest absolute Gasteiger partial charge is 0.276 e. The quantitative estimate of drug-likeness (QED) is 0.509. The van der Waals surface area contributed by atoms with E-state index in [0.717, 1.165) is 16.8 Å². The summed E-state index contributed by atoms with van der Waals surface area (Å²) in [5.74, 6) is -0.142. The summed E-state index contributed by atoms with van der Waals surface area (Å²) in [5, 5.41) is 10.9. The Kier molecular flexibility index (Phi) is 3.82. The molecule has 0 atom stereocenters. The van der Waals surface area contributed by atoms with Crippen LogP contribution >= 0.6 is 0 Å². The maximum atomic E-state index is 13.0. The summed E-state index contributed by atoms with van der Waals surface area (Å²) < 4.78 is 0. The second kappa shape index (κ2) is 6.29. The van der Waals surface area contributed by atoms with Crippen LogP contribution in [-0.4, -0.2) is 10.8 Å². The molecule has 3 aromatic carbocycles. The van der Waals surface area contributed by atoms with Crippen LogP contribution in [0.15, 0.2) is 78.9 Å². The van der Waals surface area contributed by atoms with Gasteiger partial charge in [-0.1, -0.05) is 48.5 Å². The molecule has 0 saturated heterocycles. The lowest BCUT2D eigenvalue weighted by Crippen LogP contribution is -2.22. The predicted octanol–water partition coefficient (Wildman–Crippen LogP) is 4.75. The molecule has 1 heterocycles. The van der Waals surface area contributed by atoms with Crippen molar-refractivity contribution in [2.45, 2.75) is 0 Å². The molecule has 1 aliphatic rings. The van der Waals surface area contributed by atoms with E-state index < -0.39 is 4.92 Å². The first-order chi connectivity index (χ1) is 12.6. The summed E-state index contributed by atoms with van der Waals surface area (Å²) in [6.07, 6.45) is 1.95. The maximum Gasteiger partial charge on any atom is 0.269 e. The summed E-state index contributed by atoms with van der Waals surface area (Å²) in [6.45, 7) is 0. The molecular weight excluding hydrogens is 328 g/mol. The number of rotatable bonds is 3. The van der Waals surface area contributed by atoms with Crippen LogP contribution in [0.3, 0.4) is 0 Å². The van der Waals surface area contributed by atoms with E-state index in [1.807, 2.05) is 54.6 Å². The zero-order valence-electron chi connectivity index (χ0n) is 13.7. The van der Waals surface area contributed by atoms with Crippen molar-refractivity contribution in [1.82, 2.24) is 0 Å². The predicted molar refractivity (Wildman–Crippen MR) is 101 cm³/mol. The standard InChI is InChI=1S/C21H14N2O3/c24-21-19-9-5-4-8-18(19)20(14-15-6-2-1-3-7-15)22(21)16-10-12-17(13-11-16)23(25)26/h1-14H. The van der Waals surface area contributed by atoms with Gasteiger partial charge in [0.25, 0.3) is 11.6 Å². The number of fused-ring (bicyclic) bond motifs is 1. The van der Waals surface area contributed by atoms with Crippen LogP contribution in [0.2, 0.25) is 0 Å². The second-order valence-corrected chi connectivity index (χ2v) is 5.90. The number of carbonyl (C=O) groups is 1. The molecule has 0 unspecified atom stereocenters. The highest BCUT2D eigenvalue weighted by atomic mass is 16.6. The molecule has 0 bridgehead atoms. The van der Waals surface area contributed by atoms with Gasteiger partial charge >= 0.3 is 0 Å². The third-order valence-corrected chi connectivity index (χ3v) is 4.30. The molecule has 4 rings (SSSR count). The van der Waals surface area contributed by atoms with Gasteiger partial charge in [0.1, 0.15) is 0 Å². The summed E-state index contributed by atoms with van der Waals surface area (Å²) in [7, 11) is 0. The number of hydrogen-bond donors (Lipinski definition) is 0. The number of nitro groups is 1. The zero-order chi connectivity index (χ0) is 18.1. The van der Waals surface area contributed by atoms with E-state index in [1.54, 1.807) is 23.1 Å². The number of nitro benzene ring substituents is 1. The SMILES string of the molecule is O=C1c2ccccc2C(=Cc2ccccc2)N1c1ccc([N+](=O)[O-])cc1. The number of non-ortho nitro benzene ring substituents is 1. The molecule has 0 aliphatic carbocycles. The Labute approximate surface area is 150 Å². The highest BCUT2D eigenvalue weighted by Crippen LogP contribution is 2.38. The number of hydrogen-bond acceptors (Lipinski definition) is 3. The Morgan fingerprint density at radius 3 is 2.08 bits per heavy atom. The van der Waals surface area contributed by atoms with Crippen LogP contribution in [0, 0.1) is 10.1 Å². The van der Waals surface area contributed by atoms with Gasteiger partial charge in [0.2, 0.25) is 0 Å². The van der Waals surface area contributed by atoms with Crippen molar-refractivity contribution in [3.8, 4) is 0 Å². The van der Waals surface area contributed by atoms with Gasteiger partial charge in [-0.2, -0.15) is 0 Å². The van der Waals surface area contributed by atoms with Crippen molar-refractivity contribution in [3.63, 3.8) is 0 Å². The minimum atomic E-state index is -0.453. The van der Waals surface area contributed by atoms with Crippen LogP contribution in [0.4, 0.5) is 11.4 Å². The highest BCUT2D eigenvalue weighted by molar-refractivity contribution is 6.24. The fourth-order valence-electron chi connectivity index (χ4n) is 3.07. The number of nitrogens with zero attached hydrogens (tertiary/aromatic N) is 2. The highest BCUT2D eigenvalue weighted by Gasteiger charge is 2.33. The van der Waals surface area contributed by atoms with Gasteiger partial charge in [-0.15, -0.1) is 0 Å². The first kappa shape index (κ1) is 15.8.